The highest BCUT2D eigenvalue weighted by Gasteiger charge is 2.29. The van der Waals surface area contributed by atoms with Crippen LogP contribution in [0.3, 0.4) is 0 Å². The normalized spacial score (nSPS) is 16.2. The third kappa shape index (κ3) is 2.86. The smallest absolute Gasteiger partial charge is 0.261 e. The number of hydrogen-bond acceptors (Lipinski definition) is 3. The van der Waals surface area contributed by atoms with Gasteiger partial charge < -0.3 is 5.32 Å². The lowest BCUT2D eigenvalue weighted by Gasteiger charge is -2.13. The van der Waals surface area contributed by atoms with Crippen LogP contribution in [-0.2, 0) is 0 Å². The summed E-state index contributed by atoms with van der Waals surface area (Å²) in [5.74, 6) is 0.585. The summed E-state index contributed by atoms with van der Waals surface area (Å²) in [7, 11) is 0. The van der Waals surface area contributed by atoms with Crippen molar-refractivity contribution >= 4 is 17.2 Å². The van der Waals surface area contributed by atoms with E-state index in [1.807, 2.05) is 12.3 Å². The van der Waals surface area contributed by atoms with Gasteiger partial charge in [-0.25, -0.2) is 0 Å². The molecule has 0 bridgehead atoms. The van der Waals surface area contributed by atoms with Crippen molar-refractivity contribution < 1.29 is 4.79 Å². The van der Waals surface area contributed by atoms with E-state index in [0.29, 0.717) is 12.3 Å². The molecule has 1 unspecified atom stereocenters. The molecule has 1 fully saturated rings. The Morgan fingerprint density at radius 3 is 3.06 bits per heavy atom. The van der Waals surface area contributed by atoms with E-state index in [4.69, 9.17) is 5.26 Å². The van der Waals surface area contributed by atoms with Crippen LogP contribution in [0.1, 0.15) is 53.8 Å². The Kier molecular flexibility index (Phi) is 3.80. The summed E-state index contributed by atoms with van der Waals surface area (Å²) in [5.41, 5.74) is 1.19. The van der Waals surface area contributed by atoms with Gasteiger partial charge in [0.2, 0.25) is 0 Å². The summed E-state index contributed by atoms with van der Waals surface area (Å²) in [6.07, 6.45) is 3.58. The summed E-state index contributed by atoms with van der Waals surface area (Å²) < 4.78 is 0. The number of carbonyl (C=O) groups excluding carboxylic acids is 1. The first-order valence-electron chi connectivity index (χ1n) is 6.01. The Balaban J connectivity index is 2.03. The van der Waals surface area contributed by atoms with E-state index in [2.05, 4.69) is 17.5 Å². The maximum atomic E-state index is 12.1. The molecule has 2 rings (SSSR count). The van der Waals surface area contributed by atoms with Crippen molar-refractivity contribution in [3.63, 3.8) is 0 Å². The highest BCUT2D eigenvalue weighted by Crippen LogP contribution is 2.43. The Labute approximate surface area is 105 Å². The molecule has 1 aliphatic carbocycles. The molecule has 1 heterocycles. The van der Waals surface area contributed by atoms with Gasteiger partial charge >= 0.3 is 0 Å². The first-order chi connectivity index (χ1) is 8.26. The molecule has 1 N–H and O–H groups in total. The SMILES string of the molecule is CCC(CC#N)NC(=O)c1sccc1C1CC1. The third-order valence-corrected chi connectivity index (χ3v) is 4.01. The van der Waals surface area contributed by atoms with Crippen LogP contribution in [0.15, 0.2) is 11.4 Å². The quantitative estimate of drug-likeness (QED) is 0.870. The lowest BCUT2D eigenvalue weighted by atomic mass is 10.1. The van der Waals surface area contributed by atoms with Gasteiger partial charge in [0, 0.05) is 6.04 Å². The first kappa shape index (κ1) is 12.1. The Hall–Kier alpha value is -1.34. The van der Waals surface area contributed by atoms with E-state index in [1.165, 1.54) is 29.7 Å². The first-order valence-corrected chi connectivity index (χ1v) is 6.89. The van der Waals surface area contributed by atoms with Crippen LogP contribution in [0.25, 0.3) is 0 Å². The number of nitrogens with one attached hydrogen (secondary N) is 1. The number of thiophene rings is 1. The van der Waals surface area contributed by atoms with Crippen molar-refractivity contribution in [2.75, 3.05) is 0 Å². The molecule has 3 nitrogen and oxygen atoms in total. The van der Waals surface area contributed by atoms with Crippen LogP contribution >= 0.6 is 11.3 Å². The zero-order valence-electron chi connectivity index (χ0n) is 9.90. The van der Waals surface area contributed by atoms with Crippen molar-refractivity contribution in [2.24, 2.45) is 0 Å². The van der Waals surface area contributed by atoms with Gasteiger partial charge in [-0.05, 0) is 42.2 Å². The Morgan fingerprint density at radius 1 is 1.71 bits per heavy atom. The van der Waals surface area contributed by atoms with E-state index in [0.717, 1.165) is 11.3 Å². The molecular formula is C13H16N2OS. The van der Waals surface area contributed by atoms with Crippen LogP contribution in [0, 0.1) is 11.3 Å². The number of nitrogens with zero attached hydrogens (tertiary/aromatic N) is 1. The maximum Gasteiger partial charge on any atom is 0.261 e. The predicted molar refractivity (Wildman–Crippen MR) is 68.1 cm³/mol. The Morgan fingerprint density at radius 2 is 2.47 bits per heavy atom. The number of nitriles is 1. The monoisotopic (exact) mass is 248 g/mol. The van der Waals surface area contributed by atoms with E-state index in [9.17, 15) is 4.79 Å². The largest absolute Gasteiger partial charge is 0.348 e. The zero-order valence-corrected chi connectivity index (χ0v) is 10.7. The summed E-state index contributed by atoms with van der Waals surface area (Å²) >= 11 is 1.50. The Bertz CT molecular complexity index is 443. The second kappa shape index (κ2) is 5.33. The van der Waals surface area contributed by atoms with Gasteiger partial charge in [-0.2, -0.15) is 5.26 Å². The topological polar surface area (TPSA) is 52.9 Å². The predicted octanol–water partition coefficient (Wildman–Crippen LogP) is 3.05. The molecule has 1 atom stereocenters. The standard InChI is InChI=1S/C13H16N2OS/c1-2-10(5-7-14)15-13(16)12-11(6-8-17-12)9-3-4-9/h6,8-10H,2-5H2,1H3,(H,15,16). The lowest BCUT2D eigenvalue weighted by Crippen LogP contribution is -2.34. The van der Waals surface area contributed by atoms with Crippen molar-refractivity contribution in [1.29, 1.82) is 5.26 Å². The van der Waals surface area contributed by atoms with Crippen LogP contribution < -0.4 is 5.32 Å². The summed E-state index contributed by atoms with van der Waals surface area (Å²) in [4.78, 5) is 12.9. The van der Waals surface area contributed by atoms with Gasteiger partial charge in [-0.15, -0.1) is 11.3 Å². The molecule has 17 heavy (non-hydrogen) atoms. The average Bonchev–Trinajstić information content (AvgIpc) is 3.06. The number of amides is 1. The van der Waals surface area contributed by atoms with Crippen LogP contribution in [-0.4, -0.2) is 11.9 Å². The van der Waals surface area contributed by atoms with Crippen LogP contribution in [0.4, 0.5) is 0 Å². The molecule has 1 saturated carbocycles. The second-order valence-electron chi connectivity index (χ2n) is 4.42. The molecule has 1 aromatic rings. The number of rotatable bonds is 5. The fourth-order valence-electron chi connectivity index (χ4n) is 1.88. The molecule has 4 heteroatoms. The summed E-state index contributed by atoms with van der Waals surface area (Å²) in [5, 5.41) is 13.6. The minimum absolute atomic E-state index is 0.0102. The minimum Gasteiger partial charge on any atom is -0.348 e. The molecule has 0 aromatic carbocycles. The molecule has 0 radical (unpaired) electrons. The molecule has 1 aliphatic rings. The molecule has 0 aliphatic heterocycles. The minimum atomic E-state index is -0.0262. The highest BCUT2D eigenvalue weighted by molar-refractivity contribution is 7.12. The number of hydrogen-bond donors (Lipinski definition) is 1. The van der Waals surface area contributed by atoms with Gasteiger partial charge in [0.1, 0.15) is 0 Å². The second-order valence-corrected chi connectivity index (χ2v) is 5.34. The molecular weight excluding hydrogens is 232 g/mol. The molecule has 0 saturated heterocycles. The van der Waals surface area contributed by atoms with Gasteiger partial charge in [0.15, 0.2) is 0 Å². The van der Waals surface area contributed by atoms with Gasteiger partial charge in [-0.3, -0.25) is 4.79 Å². The molecule has 1 aromatic heterocycles. The van der Waals surface area contributed by atoms with Crippen LogP contribution in [0.5, 0.6) is 0 Å². The van der Waals surface area contributed by atoms with E-state index in [-0.39, 0.29) is 11.9 Å². The average molecular weight is 248 g/mol. The zero-order chi connectivity index (χ0) is 12.3. The molecule has 1 amide bonds. The fraction of sp³-hybridized carbons (Fsp3) is 0.538. The van der Waals surface area contributed by atoms with Crippen molar-refractivity contribution in [3.8, 4) is 6.07 Å². The fourth-order valence-corrected chi connectivity index (χ4v) is 2.77. The van der Waals surface area contributed by atoms with Gasteiger partial charge in [0.25, 0.3) is 5.91 Å². The van der Waals surface area contributed by atoms with Gasteiger partial charge in [0.05, 0.1) is 17.4 Å². The summed E-state index contributed by atoms with van der Waals surface area (Å²) in [6.45, 7) is 1.98. The van der Waals surface area contributed by atoms with Gasteiger partial charge in [-0.1, -0.05) is 6.92 Å². The van der Waals surface area contributed by atoms with Crippen molar-refractivity contribution in [1.82, 2.24) is 5.32 Å². The number of carbonyl (C=O) groups is 1. The van der Waals surface area contributed by atoms with E-state index >= 15 is 0 Å². The highest BCUT2D eigenvalue weighted by atomic mass is 32.1. The lowest BCUT2D eigenvalue weighted by molar-refractivity contribution is 0.0940. The maximum absolute atomic E-state index is 12.1. The third-order valence-electron chi connectivity index (χ3n) is 3.08. The molecule has 0 spiro atoms. The molecule has 90 valence electrons. The van der Waals surface area contributed by atoms with E-state index < -0.39 is 0 Å². The van der Waals surface area contributed by atoms with Crippen molar-refractivity contribution in [2.45, 2.75) is 44.6 Å². The van der Waals surface area contributed by atoms with E-state index in [1.54, 1.807) is 0 Å². The van der Waals surface area contributed by atoms with Crippen molar-refractivity contribution in [3.05, 3.63) is 21.9 Å². The van der Waals surface area contributed by atoms with Crippen LogP contribution in [0.2, 0.25) is 0 Å². The summed E-state index contributed by atoms with van der Waals surface area (Å²) in [6, 6.07) is 4.14.